The van der Waals surface area contributed by atoms with Crippen LogP contribution in [0.15, 0.2) is 101 Å². The van der Waals surface area contributed by atoms with Crippen LogP contribution in [0.25, 0.3) is 11.3 Å². The van der Waals surface area contributed by atoms with Gasteiger partial charge in [0.2, 0.25) is 0 Å². The van der Waals surface area contributed by atoms with Crippen molar-refractivity contribution in [2.75, 3.05) is 5.01 Å². The topological polar surface area (TPSA) is 71.9 Å². The summed E-state index contributed by atoms with van der Waals surface area (Å²) in [4.78, 5) is 10.6. The van der Waals surface area contributed by atoms with Gasteiger partial charge in [0.05, 0.1) is 27.5 Å². The summed E-state index contributed by atoms with van der Waals surface area (Å²) >= 11 is 6.21. The lowest BCUT2D eigenvalue weighted by Crippen LogP contribution is -2.08. The quantitative estimate of drug-likeness (QED) is 0.199. The molecule has 0 aliphatic rings. The Labute approximate surface area is 177 Å². The number of rotatable bonds is 6. The molecule has 0 aliphatic heterocycles. The second-order valence-electron chi connectivity index (χ2n) is 6.35. The lowest BCUT2D eigenvalue weighted by Gasteiger charge is -2.18. The zero-order valence-corrected chi connectivity index (χ0v) is 16.4. The van der Waals surface area contributed by atoms with Gasteiger partial charge in [-0.05, 0) is 42.5 Å². The number of anilines is 2. The van der Waals surface area contributed by atoms with Crippen LogP contribution in [-0.2, 0) is 0 Å². The predicted molar refractivity (Wildman–Crippen MR) is 118 cm³/mol. The monoisotopic (exact) mass is 417 g/mol. The second-order valence-corrected chi connectivity index (χ2v) is 6.76. The first-order chi connectivity index (χ1) is 14.6. The molecule has 4 aromatic rings. The summed E-state index contributed by atoms with van der Waals surface area (Å²) in [6, 6.07) is 27.2. The molecule has 6 nitrogen and oxygen atoms in total. The number of hydrogen-bond acceptors (Lipinski definition) is 5. The Morgan fingerprint density at radius 2 is 1.53 bits per heavy atom. The summed E-state index contributed by atoms with van der Waals surface area (Å²) in [5, 5.41) is 17.8. The number of nitro groups is 1. The van der Waals surface area contributed by atoms with Gasteiger partial charge in [-0.2, -0.15) is 5.10 Å². The SMILES string of the molecule is O=[N+]([O-])c1ccc(Cl)c(-c2ccc(/C=N\N(c3ccccc3)c3ccccc3)o2)c1. The van der Waals surface area contributed by atoms with Gasteiger partial charge in [0.15, 0.2) is 0 Å². The molecule has 1 aromatic heterocycles. The number of para-hydroxylation sites is 2. The van der Waals surface area contributed by atoms with E-state index < -0.39 is 4.92 Å². The highest BCUT2D eigenvalue weighted by Gasteiger charge is 2.14. The molecule has 0 amide bonds. The average molecular weight is 418 g/mol. The van der Waals surface area contributed by atoms with Gasteiger partial charge in [-0.25, -0.2) is 5.01 Å². The van der Waals surface area contributed by atoms with Gasteiger partial charge in [0.1, 0.15) is 11.5 Å². The molecule has 0 radical (unpaired) electrons. The first-order valence-corrected chi connectivity index (χ1v) is 9.48. The van der Waals surface area contributed by atoms with Crippen LogP contribution in [-0.4, -0.2) is 11.1 Å². The van der Waals surface area contributed by atoms with E-state index in [9.17, 15) is 10.1 Å². The Morgan fingerprint density at radius 3 is 2.13 bits per heavy atom. The molecule has 4 rings (SSSR count). The zero-order valence-electron chi connectivity index (χ0n) is 15.7. The van der Waals surface area contributed by atoms with E-state index in [1.165, 1.54) is 18.2 Å². The van der Waals surface area contributed by atoms with Crippen molar-refractivity contribution in [3.63, 3.8) is 0 Å². The van der Waals surface area contributed by atoms with E-state index >= 15 is 0 Å². The summed E-state index contributed by atoms with van der Waals surface area (Å²) in [5.74, 6) is 0.917. The van der Waals surface area contributed by atoms with Gasteiger partial charge in [0.25, 0.3) is 5.69 Å². The van der Waals surface area contributed by atoms with Crippen LogP contribution in [0, 0.1) is 10.1 Å². The van der Waals surface area contributed by atoms with Crippen molar-refractivity contribution in [2.24, 2.45) is 5.10 Å². The maximum Gasteiger partial charge on any atom is 0.270 e. The molecule has 0 fully saturated rings. The fraction of sp³-hybridized carbons (Fsp3) is 0. The number of halogens is 1. The summed E-state index contributed by atoms with van der Waals surface area (Å²) < 4.78 is 5.82. The minimum atomic E-state index is -0.470. The zero-order chi connectivity index (χ0) is 20.9. The van der Waals surface area contributed by atoms with E-state index in [2.05, 4.69) is 5.10 Å². The second kappa shape index (κ2) is 8.63. The number of non-ortho nitro benzene ring substituents is 1. The maximum atomic E-state index is 11.1. The van der Waals surface area contributed by atoms with Crippen LogP contribution in [0.2, 0.25) is 5.02 Å². The van der Waals surface area contributed by atoms with Crippen molar-refractivity contribution in [1.82, 2.24) is 0 Å². The van der Waals surface area contributed by atoms with E-state index in [1.54, 1.807) is 23.4 Å². The predicted octanol–water partition coefficient (Wildman–Crippen LogP) is 6.68. The highest BCUT2D eigenvalue weighted by atomic mass is 35.5. The number of hydrazone groups is 1. The Hall–Kier alpha value is -3.90. The van der Waals surface area contributed by atoms with Crippen molar-refractivity contribution in [3.05, 3.63) is 112 Å². The fourth-order valence-electron chi connectivity index (χ4n) is 2.92. The Morgan fingerprint density at radius 1 is 0.900 bits per heavy atom. The number of benzene rings is 3. The molecular weight excluding hydrogens is 402 g/mol. The molecule has 0 bridgehead atoms. The first kappa shape index (κ1) is 19.4. The summed E-state index contributed by atoms with van der Waals surface area (Å²) in [7, 11) is 0. The third-order valence-corrected chi connectivity index (χ3v) is 4.68. The van der Waals surface area contributed by atoms with Gasteiger partial charge in [0, 0.05) is 17.7 Å². The molecule has 0 saturated heterocycles. The molecule has 30 heavy (non-hydrogen) atoms. The molecule has 0 unspecified atom stereocenters. The van der Waals surface area contributed by atoms with Crippen LogP contribution in [0.5, 0.6) is 0 Å². The molecule has 148 valence electrons. The fourth-order valence-corrected chi connectivity index (χ4v) is 3.13. The summed E-state index contributed by atoms with van der Waals surface area (Å²) in [6.07, 6.45) is 1.59. The first-order valence-electron chi connectivity index (χ1n) is 9.10. The van der Waals surface area contributed by atoms with Gasteiger partial charge >= 0.3 is 0 Å². The lowest BCUT2D eigenvalue weighted by atomic mass is 10.1. The largest absolute Gasteiger partial charge is 0.455 e. The van der Waals surface area contributed by atoms with Crippen LogP contribution in [0.1, 0.15) is 5.76 Å². The van der Waals surface area contributed by atoms with E-state index in [1.807, 2.05) is 60.7 Å². The number of furan rings is 1. The van der Waals surface area contributed by atoms with E-state index in [-0.39, 0.29) is 5.69 Å². The Kier molecular flexibility index (Phi) is 5.59. The van der Waals surface area contributed by atoms with Crippen LogP contribution < -0.4 is 5.01 Å². The van der Waals surface area contributed by atoms with Gasteiger partial charge in [-0.1, -0.05) is 48.0 Å². The van der Waals surface area contributed by atoms with Crippen molar-refractivity contribution in [3.8, 4) is 11.3 Å². The average Bonchev–Trinajstić information content (AvgIpc) is 3.24. The van der Waals surface area contributed by atoms with Crippen LogP contribution in [0.3, 0.4) is 0 Å². The lowest BCUT2D eigenvalue weighted by molar-refractivity contribution is -0.384. The molecule has 0 N–H and O–H groups in total. The molecule has 3 aromatic carbocycles. The molecule has 7 heteroatoms. The minimum absolute atomic E-state index is 0.0552. The van der Waals surface area contributed by atoms with Crippen molar-refractivity contribution < 1.29 is 9.34 Å². The van der Waals surface area contributed by atoms with Crippen LogP contribution >= 0.6 is 11.6 Å². The third kappa shape index (κ3) is 4.24. The smallest absolute Gasteiger partial charge is 0.270 e. The van der Waals surface area contributed by atoms with Crippen LogP contribution in [0.4, 0.5) is 17.1 Å². The van der Waals surface area contributed by atoms with Gasteiger partial charge < -0.3 is 4.42 Å². The highest BCUT2D eigenvalue weighted by Crippen LogP contribution is 2.32. The number of nitro benzene ring substituents is 1. The number of hydrogen-bond donors (Lipinski definition) is 0. The standard InChI is InChI=1S/C23H16ClN3O3/c24-22-13-11-19(27(28)29)15-21(22)23-14-12-20(30-23)16-25-26(17-7-3-1-4-8-17)18-9-5-2-6-10-18/h1-16H/b25-16-. The van der Waals surface area contributed by atoms with Gasteiger partial charge in [-0.15, -0.1) is 0 Å². The van der Waals surface area contributed by atoms with E-state index in [0.717, 1.165) is 11.4 Å². The normalized spacial score (nSPS) is 11.0. The molecular formula is C23H16ClN3O3. The molecule has 1 heterocycles. The minimum Gasteiger partial charge on any atom is -0.455 e. The van der Waals surface area contributed by atoms with Crippen molar-refractivity contribution >= 4 is 34.9 Å². The number of nitrogens with zero attached hydrogens (tertiary/aromatic N) is 3. The molecule has 0 saturated carbocycles. The molecule has 0 atom stereocenters. The maximum absolute atomic E-state index is 11.1. The Balaban J connectivity index is 1.65. The Bertz CT molecular complexity index is 1150. The van der Waals surface area contributed by atoms with E-state index in [0.29, 0.717) is 22.1 Å². The molecule has 0 aliphatic carbocycles. The van der Waals surface area contributed by atoms with Crippen molar-refractivity contribution in [2.45, 2.75) is 0 Å². The van der Waals surface area contributed by atoms with Gasteiger partial charge in [-0.3, -0.25) is 10.1 Å². The summed E-state index contributed by atoms with van der Waals surface area (Å²) in [5.41, 5.74) is 2.19. The van der Waals surface area contributed by atoms with E-state index in [4.69, 9.17) is 16.0 Å². The van der Waals surface area contributed by atoms with Crippen molar-refractivity contribution in [1.29, 1.82) is 0 Å². The third-order valence-electron chi connectivity index (χ3n) is 4.35. The highest BCUT2D eigenvalue weighted by molar-refractivity contribution is 6.33. The summed E-state index contributed by atoms with van der Waals surface area (Å²) in [6.45, 7) is 0. The molecule has 0 spiro atoms.